The third-order valence-electron chi connectivity index (χ3n) is 2.62. The quantitative estimate of drug-likeness (QED) is 0.912. The molecular weight excluding hydrogens is 266 g/mol. The van der Waals surface area contributed by atoms with Crippen molar-refractivity contribution in [3.63, 3.8) is 0 Å². The van der Waals surface area contributed by atoms with E-state index in [1.807, 2.05) is 26.4 Å². The molecule has 0 aliphatic rings. The Balaban J connectivity index is 2.12. The van der Waals surface area contributed by atoms with Gasteiger partial charge in [0.1, 0.15) is 5.82 Å². The highest BCUT2D eigenvalue weighted by Gasteiger charge is 2.09. The molecule has 0 saturated heterocycles. The largest absolute Gasteiger partial charge is 0.354 e. The van der Waals surface area contributed by atoms with Gasteiger partial charge in [0.15, 0.2) is 0 Å². The van der Waals surface area contributed by atoms with Crippen LogP contribution >= 0.6 is 22.9 Å². The Morgan fingerprint density at radius 2 is 2.28 bits per heavy atom. The summed E-state index contributed by atoms with van der Waals surface area (Å²) in [5.74, 6) is 0.822. The third-order valence-corrected chi connectivity index (χ3v) is 3.63. The van der Waals surface area contributed by atoms with E-state index in [0.717, 1.165) is 24.5 Å². The van der Waals surface area contributed by atoms with Gasteiger partial charge in [0, 0.05) is 26.3 Å². The minimum atomic E-state index is 0.695. The second kappa shape index (κ2) is 6.18. The molecule has 2 aromatic heterocycles. The maximum atomic E-state index is 6.27. The van der Waals surface area contributed by atoms with Crippen LogP contribution in [0.2, 0.25) is 5.02 Å². The van der Waals surface area contributed by atoms with Crippen LogP contribution in [-0.4, -0.2) is 19.1 Å². The molecule has 0 aromatic carbocycles. The lowest BCUT2D eigenvalue weighted by atomic mass is 10.2. The van der Waals surface area contributed by atoms with E-state index in [2.05, 4.69) is 32.0 Å². The third kappa shape index (κ3) is 3.22. The summed E-state index contributed by atoms with van der Waals surface area (Å²) in [6.45, 7) is 1.60. The fourth-order valence-electron chi connectivity index (χ4n) is 1.78. The van der Waals surface area contributed by atoms with E-state index in [1.165, 1.54) is 5.56 Å². The minimum absolute atomic E-state index is 0.695. The van der Waals surface area contributed by atoms with Crippen molar-refractivity contribution in [3.8, 4) is 0 Å². The van der Waals surface area contributed by atoms with Crippen LogP contribution in [0, 0.1) is 0 Å². The number of thiophene rings is 1. The summed E-state index contributed by atoms with van der Waals surface area (Å²) < 4.78 is 0. The minimum Gasteiger partial charge on any atom is -0.354 e. The first-order chi connectivity index (χ1) is 8.70. The fraction of sp³-hybridized carbons (Fsp3) is 0.308. The van der Waals surface area contributed by atoms with E-state index < -0.39 is 0 Å². The number of aromatic nitrogens is 1. The molecule has 0 aliphatic carbocycles. The van der Waals surface area contributed by atoms with Crippen LogP contribution in [-0.2, 0) is 13.1 Å². The number of pyridine rings is 1. The molecule has 0 bridgehead atoms. The molecule has 0 fully saturated rings. The predicted molar refractivity (Wildman–Crippen MR) is 78.4 cm³/mol. The van der Waals surface area contributed by atoms with Gasteiger partial charge in [0.05, 0.1) is 5.02 Å². The molecule has 0 amide bonds. The van der Waals surface area contributed by atoms with Crippen LogP contribution in [0.5, 0.6) is 0 Å². The Morgan fingerprint density at radius 1 is 1.44 bits per heavy atom. The van der Waals surface area contributed by atoms with Crippen LogP contribution in [0.15, 0.2) is 29.1 Å². The van der Waals surface area contributed by atoms with Gasteiger partial charge in [0.2, 0.25) is 0 Å². The smallest absolute Gasteiger partial charge is 0.147 e. The van der Waals surface area contributed by atoms with Gasteiger partial charge in [0.25, 0.3) is 0 Å². The van der Waals surface area contributed by atoms with Crippen molar-refractivity contribution in [1.82, 2.24) is 10.3 Å². The summed E-state index contributed by atoms with van der Waals surface area (Å²) in [5, 5.41) is 8.00. The lowest BCUT2D eigenvalue weighted by Gasteiger charge is -2.19. The summed E-state index contributed by atoms with van der Waals surface area (Å²) >= 11 is 7.97. The Hall–Kier alpha value is -1.10. The highest BCUT2D eigenvalue weighted by Crippen LogP contribution is 2.24. The first kappa shape index (κ1) is 13.3. The Bertz CT molecular complexity index is 499. The predicted octanol–water partition coefficient (Wildman–Crippen LogP) is 3.15. The van der Waals surface area contributed by atoms with Crippen molar-refractivity contribution in [3.05, 3.63) is 45.2 Å². The number of anilines is 1. The highest BCUT2D eigenvalue weighted by atomic mass is 35.5. The summed E-state index contributed by atoms with van der Waals surface area (Å²) in [6, 6.07) is 4.08. The lowest BCUT2D eigenvalue weighted by Crippen LogP contribution is -2.18. The van der Waals surface area contributed by atoms with Crippen molar-refractivity contribution in [2.24, 2.45) is 0 Å². The van der Waals surface area contributed by atoms with Gasteiger partial charge in [-0.1, -0.05) is 11.6 Å². The number of nitrogens with zero attached hydrogens (tertiary/aromatic N) is 2. The zero-order chi connectivity index (χ0) is 13.0. The van der Waals surface area contributed by atoms with Gasteiger partial charge in [-0.15, -0.1) is 0 Å². The first-order valence-corrected chi connectivity index (χ1v) is 7.04. The summed E-state index contributed by atoms with van der Waals surface area (Å²) in [6.07, 6.45) is 1.86. The van der Waals surface area contributed by atoms with Gasteiger partial charge in [-0.3, -0.25) is 0 Å². The molecule has 18 heavy (non-hydrogen) atoms. The highest BCUT2D eigenvalue weighted by molar-refractivity contribution is 7.07. The van der Waals surface area contributed by atoms with Crippen LogP contribution in [0.3, 0.4) is 0 Å². The van der Waals surface area contributed by atoms with Crippen LogP contribution in [0.1, 0.15) is 11.1 Å². The maximum absolute atomic E-state index is 6.27. The van der Waals surface area contributed by atoms with Crippen molar-refractivity contribution in [2.45, 2.75) is 13.1 Å². The first-order valence-electron chi connectivity index (χ1n) is 5.72. The number of hydrogen-bond donors (Lipinski definition) is 1. The molecule has 96 valence electrons. The number of nitrogens with one attached hydrogen (secondary N) is 1. The van der Waals surface area contributed by atoms with Gasteiger partial charge in [-0.25, -0.2) is 4.98 Å². The SMILES string of the molecule is CNCc1cnc(N(C)Cc2ccsc2)c(Cl)c1. The number of halogens is 1. The molecule has 2 rings (SSSR count). The zero-order valence-corrected chi connectivity index (χ0v) is 12.1. The maximum Gasteiger partial charge on any atom is 0.147 e. The van der Waals surface area contributed by atoms with Crippen LogP contribution < -0.4 is 10.2 Å². The van der Waals surface area contributed by atoms with E-state index in [9.17, 15) is 0 Å². The van der Waals surface area contributed by atoms with Gasteiger partial charge in [-0.2, -0.15) is 11.3 Å². The summed E-state index contributed by atoms with van der Waals surface area (Å²) in [4.78, 5) is 6.50. The Morgan fingerprint density at radius 3 is 2.89 bits per heavy atom. The van der Waals surface area contributed by atoms with E-state index >= 15 is 0 Å². The van der Waals surface area contributed by atoms with E-state index in [-0.39, 0.29) is 0 Å². The van der Waals surface area contributed by atoms with Gasteiger partial charge < -0.3 is 10.2 Å². The summed E-state index contributed by atoms with van der Waals surface area (Å²) in [7, 11) is 3.91. The van der Waals surface area contributed by atoms with Crippen molar-refractivity contribution in [1.29, 1.82) is 0 Å². The van der Waals surface area contributed by atoms with Gasteiger partial charge >= 0.3 is 0 Å². The molecule has 2 heterocycles. The Kier molecular flexibility index (Phi) is 4.58. The average Bonchev–Trinajstić information content (AvgIpc) is 2.82. The van der Waals surface area contributed by atoms with Crippen LogP contribution in [0.25, 0.3) is 0 Å². The normalized spacial score (nSPS) is 10.6. The standard InChI is InChI=1S/C13H16ClN3S/c1-15-6-11-5-12(14)13(16-7-11)17(2)8-10-3-4-18-9-10/h3-5,7,9,15H,6,8H2,1-2H3. The van der Waals surface area contributed by atoms with E-state index in [4.69, 9.17) is 11.6 Å². The fourth-order valence-corrected chi connectivity index (χ4v) is 2.78. The second-order valence-corrected chi connectivity index (χ2v) is 5.35. The molecule has 0 unspecified atom stereocenters. The zero-order valence-electron chi connectivity index (χ0n) is 10.5. The van der Waals surface area contributed by atoms with Gasteiger partial charge in [-0.05, 0) is 41.1 Å². The van der Waals surface area contributed by atoms with E-state index in [1.54, 1.807) is 11.3 Å². The summed E-state index contributed by atoms with van der Waals surface area (Å²) in [5.41, 5.74) is 2.37. The van der Waals surface area contributed by atoms with Crippen LogP contribution in [0.4, 0.5) is 5.82 Å². The molecule has 2 aromatic rings. The number of rotatable bonds is 5. The average molecular weight is 282 g/mol. The molecule has 0 spiro atoms. The molecule has 0 radical (unpaired) electrons. The monoisotopic (exact) mass is 281 g/mol. The molecular formula is C13H16ClN3S. The molecule has 0 atom stereocenters. The lowest BCUT2D eigenvalue weighted by molar-refractivity contribution is 0.810. The molecule has 5 heteroatoms. The molecule has 3 nitrogen and oxygen atoms in total. The van der Waals surface area contributed by atoms with E-state index in [0.29, 0.717) is 5.02 Å². The van der Waals surface area contributed by atoms with Crippen molar-refractivity contribution >= 4 is 28.8 Å². The Labute approximate surface area is 116 Å². The molecule has 1 N–H and O–H groups in total. The second-order valence-electron chi connectivity index (χ2n) is 4.17. The molecule has 0 saturated carbocycles. The number of hydrogen-bond acceptors (Lipinski definition) is 4. The molecule has 0 aliphatic heterocycles. The van der Waals surface area contributed by atoms with Crippen molar-refractivity contribution < 1.29 is 0 Å². The van der Waals surface area contributed by atoms with Crippen molar-refractivity contribution in [2.75, 3.05) is 19.0 Å². The topological polar surface area (TPSA) is 28.2 Å².